The van der Waals surface area contributed by atoms with Gasteiger partial charge in [0.25, 0.3) is 0 Å². The predicted molar refractivity (Wildman–Crippen MR) is 82.7 cm³/mol. The number of carbonyl (C=O) groups excluding carboxylic acids is 1. The highest BCUT2D eigenvalue weighted by molar-refractivity contribution is 9.13. The van der Waals surface area contributed by atoms with Crippen molar-refractivity contribution in [1.29, 1.82) is 0 Å². The van der Waals surface area contributed by atoms with Crippen molar-refractivity contribution < 1.29 is 14.3 Å². The molecule has 3 nitrogen and oxygen atoms in total. The van der Waals surface area contributed by atoms with Crippen molar-refractivity contribution in [2.24, 2.45) is 0 Å². The summed E-state index contributed by atoms with van der Waals surface area (Å²) in [5, 5.41) is 0. The Kier molecular flexibility index (Phi) is 4.65. The van der Waals surface area contributed by atoms with E-state index < -0.39 is 0 Å². The van der Waals surface area contributed by atoms with Gasteiger partial charge in [-0.2, -0.15) is 0 Å². The van der Waals surface area contributed by atoms with Gasteiger partial charge in [0.05, 0.1) is 28.4 Å². The molecule has 0 aliphatic rings. The molecule has 1 heterocycles. The summed E-state index contributed by atoms with van der Waals surface area (Å²) in [6, 6.07) is 6.95. The van der Waals surface area contributed by atoms with Crippen molar-refractivity contribution in [2.75, 3.05) is 14.2 Å². The highest BCUT2D eigenvalue weighted by Gasteiger charge is 2.18. The molecule has 0 atom stereocenters. The molecule has 6 heteroatoms. The van der Waals surface area contributed by atoms with Crippen LogP contribution in [-0.4, -0.2) is 20.0 Å². The van der Waals surface area contributed by atoms with E-state index in [1.807, 2.05) is 0 Å². The van der Waals surface area contributed by atoms with Gasteiger partial charge in [0.15, 0.2) is 0 Å². The SMILES string of the molecule is COc1ccc(C(=O)c2cc(Br)c(Br)s2)c(OC)c1. The third-order valence-electron chi connectivity index (χ3n) is 2.52. The van der Waals surface area contributed by atoms with Crippen LogP contribution in [0.2, 0.25) is 0 Å². The van der Waals surface area contributed by atoms with E-state index in [0.717, 1.165) is 8.26 Å². The van der Waals surface area contributed by atoms with Gasteiger partial charge < -0.3 is 9.47 Å². The van der Waals surface area contributed by atoms with Crippen molar-refractivity contribution in [3.63, 3.8) is 0 Å². The molecule has 0 unspecified atom stereocenters. The number of hydrogen-bond acceptors (Lipinski definition) is 4. The van der Waals surface area contributed by atoms with Gasteiger partial charge in [0.1, 0.15) is 11.5 Å². The molecule has 0 amide bonds. The number of carbonyl (C=O) groups is 1. The summed E-state index contributed by atoms with van der Waals surface area (Å²) in [6.45, 7) is 0. The molecule has 0 N–H and O–H groups in total. The van der Waals surface area contributed by atoms with E-state index in [1.165, 1.54) is 18.4 Å². The summed E-state index contributed by atoms with van der Waals surface area (Å²) in [4.78, 5) is 13.1. The summed E-state index contributed by atoms with van der Waals surface area (Å²) in [5.74, 6) is 1.09. The quantitative estimate of drug-likeness (QED) is 0.701. The van der Waals surface area contributed by atoms with Crippen molar-refractivity contribution in [3.05, 3.63) is 43.0 Å². The Morgan fingerprint density at radius 1 is 1.16 bits per heavy atom. The maximum absolute atomic E-state index is 12.4. The molecule has 0 bridgehead atoms. The van der Waals surface area contributed by atoms with Gasteiger partial charge in [0, 0.05) is 10.5 Å². The Hall–Kier alpha value is -0.850. The number of methoxy groups -OCH3 is 2. The van der Waals surface area contributed by atoms with Gasteiger partial charge in [-0.25, -0.2) is 0 Å². The zero-order valence-corrected chi connectivity index (χ0v) is 14.2. The van der Waals surface area contributed by atoms with Crippen molar-refractivity contribution >= 4 is 49.0 Å². The monoisotopic (exact) mass is 404 g/mol. The Bertz CT molecular complexity index is 603. The van der Waals surface area contributed by atoms with Crippen LogP contribution < -0.4 is 9.47 Å². The van der Waals surface area contributed by atoms with Gasteiger partial charge >= 0.3 is 0 Å². The number of hydrogen-bond donors (Lipinski definition) is 0. The van der Waals surface area contributed by atoms with Gasteiger partial charge in [0.2, 0.25) is 5.78 Å². The number of halogens is 2. The molecule has 19 heavy (non-hydrogen) atoms. The first kappa shape index (κ1) is 14.6. The van der Waals surface area contributed by atoms with E-state index >= 15 is 0 Å². The lowest BCUT2D eigenvalue weighted by Gasteiger charge is -2.08. The Balaban J connectivity index is 2.43. The normalized spacial score (nSPS) is 10.3. The third kappa shape index (κ3) is 3.01. The fourth-order valence-electron chi connectivity index (χ4n) is 1.58. The fraction of sp³-hybridized carbons (Fsp3) is 0.154. The average Bonchev–Trinajstić information content (AvgIpc) is 2.77. The molecular weight excluding hydrogens is 396 g/mol. The van der Waals surface area contributed by atoms with Crippen LogP contribution in [0.15, 0.2) is 32.5 Å². The van der Waals surface area contributed by atoms with Crippen LogP contribution in [0.25, 0.3) is 0 Å². The number of ketones is 1. The molecule has 2 rings (SSSR count). The van der Waals surface area contributed by atoms with Crippen LogP contribution in [0, 0.1) is 0 Å². The Morgan fingerprint density at radius 2 is 1.89 bits per heavy atom. The van der Waals surface area contributed by atoms with Crippen LogP contribution in [0.1, 0.15) is 15.2 Å². The number of rotatable bonds is 4. The molecule has 0 saturated carbocycles. The molecule has 0 spiro atoms. The van der Waals surface area contributed by atoms with Gasteiger partial charge in [-0.05, 0) is 50.1 Å². The third-order valence-corrected chi connectivity index (χ3v) is 5.78. The average molecular weight is 406 g/mol. The Morgan fingerprint density at radius 3 is 2.42 bits per heavy atom. The molecular formula is C13H10Br2O3S. The first-order valence-electron chi connectivity index (χ1n) is 5.28. The zero-order chi connectivity index (χ0) is 14.0. The Labute approximate surface area is 131 Å². The van der Waals surface area contributed by atoms with E-state index in [-0.39, 0.29) is 5.78 Å². The second-order valence-corrected chi connectivity index (χ2v) is 6.85. The minimum absolute atomic E-state index is 0.0732. The standard InChI is InChI=1S/C13H10Br2O3S/c1-17-7-3-4-8(10(5-7)18-2)12(16)11-6-9(14)13(15)19-11/h3-6H,1-2H3. The number of benzene rings is 1. The molecule has 0 aliphatic carbocycles. The second kappa shape index (κ2) is 6.07. The molecule has 1 aromatic carbocycles. The smallest absolute Gasteiger partial charge is 0.206 e. The lowest BCUT2D eigenvalue weighted by molar-refractivity contribution is 0.103. The predicted octanol–water partition coefficient (Wildman–Crippen LogP) is 4.52. The molecule has 0 fully saturated rings. The van der Waals surface area contributed by atoms with Crippen LogP contribution >= 0.6 is 43.2 Å². The van der Waals surface area contributed by atoms with Crippen LogP contribution in [0.5, 0.6) is 11.5 Å². The fourth-order valence-corrected chi connectivity index (χ4v) is 3.57. The summed E-state index contributed by atoms with van der Waals surface area (Å²) >= 11 is 8.14. The molecule has 1 aromatic heterocycles. The van der Waals surface area contributed by atoms with E-state index in [4.69, 9.17) is 9.47 Å². The molecule has 0 aliphatic heterocycles. The van der Waals surface area contributed by atoms with E-state index in [1.54, 1.807) is 31.4 Å². The van der Waals surface area contributed by atoms with E-state index in [0.29, 0.717) is 21.9 Å². The van der Waals surface area contributed by atoms with Crippen molar-refractivity contribution in [2.45, 2.75) is 0 Å². The van der Waals surface area contributed by atoms with Crippen molar-refractivity contribution in [3.8, 4) is 11.5 Å². The van der Waals surface area contributed by atoms with Gasteiger partial charge in [-0.1, -0.05) is 0 Å². The summed E-state index contributed by atoms with van der Waals surface area (Å²) in [7, 11) is 3.11. The summed E-state index contributed by atoms with van der Waals surface area (Å²) in [6.07, 6.45) is 0. The van der Waals surface area contributed by atoms with Crippen molar-refractivity contribution in [1.82, 2.24) is 0 Å². The first-order valence-corrected chi connectivity index (χ1v) is 7.68. The molecule has 0 radical (unpaired) electrons. The maximum Gasteiger partial charge on any atom is 0.206 e. The van der Waals surface area contributed by atoms with E-state index in [9.17, 15) is 4.79 Å². The topological polar surface area (TPSA) is 35.5 Å². The van der Waals surface area contributed by atoms with Crippen LogP contribution in [0.4, 0.5) is 0 Å². The summed E-state index contributed by atoms with van der Waals surface area (Å²) < 4.78 is 12.1. The lowest BCUT2D eigenvalue weighted by atomic mass is 10.1. The minimum atomic E-state index is -0.0732. The largest absolute Gasteiger partial charge is 0.497 e. The molecule has 2 aromatic rings. The van der Waals surface area contributed by atoms with Gasteiger partial charge in [-0.3, -0.25) is 4.79 Å². The highest BCUT2D eigenvalue weighted by atomic mass is 79.9. The maximum atomic E-state index is 12.4. The minimum Gasteiger partial charge on any atom is -0.497 e. The van der Waals surface area contributed by atoms with E-state index in [2.05, 4.69) is 31.9 Å². The molecule has 100 valence electrons. The van der Waals surface area contributed by atoms with Gasteiger partial charge in [-0.15, -0.1) is 11.3 Å². The second-order valence-electron chi connectivity index (χ2n) is 3.63. The van der Waals surface area contributed by atoms with Crippen LogP contribution in [0.3, 0.4) is 0 Å². The lowest BCUT2D eigenvalue weighted by Crippen LogP contribution is -2.02. The number of thiophene rings is 1. The zero-order valence-electron chi connectivity index (χ0n) is 10.2. The summed E-state index contributed by atoms with van der Waals surface area (Å²) in [5.41, 5.74) is 0.518. The molecule has 0 saturated heterocycles. The first-order chi connectivity index (χ1) is 9.06. The van der Waals surface area contributed by atoms with Crippen LogP contribution in [-0.2, 0) is 0 Å². The highest BCUT2D eigenvalue weighted by Crippen LogP contribution is 2.35. The number of ether oxygens (including phenoxy) is 2.